The second kappa shape index (κ2) is 2.92. The predicted octanol–water partition coefficient (Wildman–Crippen LogP) is 2.26. The maximum atomic E-state index is 11.3. The average molecular weight is 237 g/mol. The SMILES string of the molecule is Nc1c([O-])cc(Br)c2ccccc12. The van der Waals surface area contributed by atoms with Crippen LogP contribution in [0, 0.1) is 0 Å². The molecule has 0 amide bonds. The van der Waals surface area contributed by atoms with E-state index in [4.69, 9.17) is 5.73 Å². The summed E-state index contributed by atoms with van der Waals surface area (Å²) in [6.45, 7) is 0. The summed E-state index contributed by atoms with van der Waals surface area (Å²) in [5, 5.41) is 13.1. The van der Waals surface area contributed by atoms with Crippen LogP contribution in [0.2, 0.25) is 0 Å². The number of fused-ring (bicyclic) bond motifs is 1. The maximum absolute atomic E-state index is 11.3. The number of halogens is 1. The monoisotopic (exact) mass is 236 g/mol. The first-order valence-electron chi connectivity index (χ1n) is 3.84. The van der Waals surface area contributed by atoms with E-state index in [1.807, 2.05) is 24.3 Å². The fraction of sp³-hybridized carbons (Fsp3) is 0. The second-order valence-electron chi connectivity index (χ2n) is 2.82. The molecule has 0 aliphatic carbocycles. The van der Waals surface area contributed by atoms with Gasteiger partial charge in [-0.1, -0.05) is 52.0 Å². The summed E-state index contributed by atoms with van der Waals surface area (Å²) in [6, 6.07) is 9.05. The molecule has 0 saturated heterocycles. The fourth-order valence-electron chi connectivity index (χ4n) is 1.33. The summed E-state index contributed by atoms with van der Waals surface area (Å²) in [6.07, 6.45) is 0. The van der Waals surface area contributed by atoms with Crippen LogP contribution >= 0.6 is 15.9 Å². The van der Waals surface area contributed by atoms with Gasteiger partial charge in [0, 0.05) is 15.5 Å². The van der Waals surface area contributed by atoms with Crippen molar-refractivity contribution in [1.29, 1.82) is 0 Å². The normalized spacial score (nSPS) is 10.5. The lowest BCUT2D eigenvalue weighted by Crippen LogP contribution is -1.97. The largest absolute Gasteiger partial charge is 0.871 e. The van der Waals surface area contributed by atoms with E-state index in [1.165, 1.54) is 6.07 Å². The zero-order chi connectivity index (χ0) is 9.42. The highest BCUT2D eigenvalue weighted by Gasteiger charge is 2.01. The number of nitrogen functional groups attached to an aromatic ring is 1. The zero-order valence-corrected chi connectivity index (χ0v) is 8.34. The van der Waals surface area contributed by atoms with Crippen LogP contribution in [-0.2, 0) is 0 Å². The summed E-state index contributed by atoms with van der Waals surface area (Å²) in [5.41, 5.74) is 5.97. The smallest absolute Gasteiger partial charge is 0.0314 e. The van der Waals surface area contributed by atoms with Gasteiger partial charge in [-0.15, -0.1) is 0 Å². The van der Waals surface area contributed by atoms with Crippen molar-refractivity contribution < 1.29 is 5.11 Å². The van der Waals surface area contributed by atoms with Gasteiger partial charge in [0.15, 0.2) is 0 Å². The molecule has 0 spiro atoms. The number of hydrogen-bond acceptors (Lipinski definition) is 2. The Bertz CT molecular complexity index is 468. The molecule has 2 aromatic carbocycles. The first kappa shape index (κ1) is 8.38. The van der Waals surface area contributed by atoms with Crippen molar-refractivity contribution in [2.45, 2.75) is 0 Å². The highest BCUT2D eigenvalue weighted by molar-refractivity contribution is 9.10. The van der Waals surface area contributed by atoms with Crippen molar-refractivity contribution in [2.75, 3.05) is 5.73 Å². The molecule has 13 heavy (non-hydrogen) atoms. The molecule has 2 nitrogen and oxygen atoms in total. The highest BCUT2D eigenvalue weighted by Crippen LogP contribution is 2.33. The molecule has 3 heteroatoms. The molecule has 0 aliphatic rings. The van der Waals surface area contributed by atoms with E-state index >= 15 is 0 Å². The molecule has 2 aromatic rings. The van der Waals surface area contributed by atoms with Gasteiger partial charge in [0.25, 0.3) is 0 Å². The zero-order valence-electron chi connectivity index (χ0n) is 6.75. The minimum absolute atomic E-state index is 0.134. The van der Waals surface area contributed by atoms with E-state index in [2.05, 4.69) is 15.9 Å². The van der Waals surface area contributed by atoms with Crippen molar-refractivity contribution in [3.05, 3.63) is 34.8 Å². The van der Waals surface area contributed by atoms with E-state index in [0.717, 1.165) is 15.2 Å². The Balaban J connectivity index is 2.97. The van der Waals surface area contributed by atoms with E-state index < -0.39 is 0 Å². The second-order valence-corrected chi connectivity index (χ2v) is 3.67. The molecule has 0 bridgehead atoms. The van der Waals surface area contributed by atoms with Gasteiger partial charge in [-0.2, -0.15) is 0 Å². The highest BCUT2D eigenvalue weighted by atomic mass is 79.9. The van der Waals surface area contributed by atoms with Crippen molar-refractivity contribution in [2.24, 2.45) is 0 Å². The molecular weight excluding hydrogens is 230 g/mol. The Labute approximate surface area is 84.1 Å². The Morgan fingerprint density at radius 1 is 1.15 bits per heavy atom. The predicted molar refractivity (Wildman–Crippen MR) is 55.5 cm³/mol. The quantitative estimate of drug-likeness (QED) is 0.714. The van der Waals surface area contributed by atoms with Gasteiger partial charge in [0.1, 0.15) is 0 Å². The third-order valence-electron chi connectivity index (χ3n) is 2.00. The molecule has 66 valence electrons. The Kier molecular flexibility index (Phi) is 1.88. The van der Waals surface area contributed by atoms with Gasteiger partial charge in [0.05, 0.1) is 0 Å². The van der Waals surface area contributed by atoms with Crippen molar-refractivity contribution in [1.82, 2.24) is 0 Å². The van der Waals surface area contributed by atoms with E-state index in [9.17, 15) is 5.11 Å². The molecule has 0 unspecified atom stereocenters. The average Bonchev–Trinajstić information content (AvgIpc) is 2.15. The Morgan fingerprint density at radius 2 is 1.77 bits per heavy atom. The third kappa shape index (κ3) is 1.25. The minimum Gasteiger partial charge on any atom is -0.871 e. The lowest BCUT2D eigenvalue weighted by Gasteiger charge is -2.13. The number of rotatable bonds is 0. The minimum atomic E-state index is -0.134. The van der Waals surface area contributed by atoms with E-state index in [-0.39, 0.29) is 5.75 Å². The van der Waals surface area contributed by atoms with Gasteiger partial charge < -0.3 is 10.8 Å². The molecule has 0 fully saturated rings. The van der Waals surface area contributed by atoms with Crippen LogP contribution in [0.15, 0.2) is 34.8 Å². The number of benzene rings is 2. The van der Waals surface area contributed by atoms with Crippen LogP contribution in [0.25, 0.3) is 10.8 Å². The van der Waals surface area contributed by atoms with Crippen molar-refractivity contribution >= 4 is 32.4 Å². The van der Waals surface area contributed by atoms with Gasteiger partial charge in [-0.05, 0) is 5.39 Å². The number of anilines is 1. The number of hydrogen-bond donors (Lipinski definition) is 1. The molecular formula is C10H7BrNO-. The lowest BCUT2D eigenvalue weighted by molar-refractivity contribution is -0.266. The van der Waals surface area contributed by atoms with E-state index in [1.54, 1.807) is 0 Å². The van der Waals surface area contributed by atoms with Crippen LogP contribution in [0.5, 0.6) is 5.75 Å². The molecule has 0 aliphatic heterocycles. The molecule has 2 rings (SSSR count). The topological polar surface area (TPSA) is 49.1 Å². The number of nitrogens with two attached hydrogens (primary N) is 1. The molecule has 2 N–H and O–H groups in total. The maximum Gasteiger partial charge on any atom is 0.0314 e. The molecule has 0 saturated carbocycles. The van der Waals surface area contributed by atoms with Gasteiger partial charge in [-0.3, -0.25) is 0 Å². The Morgan fingerprint density at radius 3 is 2.46 bits per heavy atom. The van der Waals surface area contributed by atoms with Crippen LogP contribution in [0.1, 0.15) is 0 Å². The van der Waals surface area contributed by atoms with Gasteiger partial charge in [-0.25, -0.2) is 0 Å². The molecule has 0 radical (unpaired) electrons. The van der Waals surface area contributed by atoms with Crippen LogP contribution < -0.4 is 10.8 Å². The van der Waals surface area contributed by atoms with Crippen molar-refractivity contribution in [3.8, 4) is 5.75 Å². The molecule has 0 heterocycles. The first-order chi connectivity index (χ1) is 6.20. The van der Waals surface area contributed by atoms with E-state index in [0.29, 0.717) is 5.69 Å². The first-order valence-corrected chi connectivity index (χ1v) is 4.63. The fourth-order valence-corrected chi connectivity index (χ4v) is 1.88. The Hall–Kier alpha value is -1.22. The van der Waals surface area contributed by atoms with Crippen LogP contribution in [0.4, 0.5) is 5.69 Å². The third-order valence-corrected chi connectivity index (χ3v) is 2.65. The van der Waals surface area contributed by atoms with Gasteiger partial charge in [0.2, 0.25) is 0 Å². The van der Waals surface area contributed by atoms with Crippen LogP contribution in [-0.4, -0.2) is 0 Å². The lowest BCUT2D eigenvalue weighted by atomic mass is 10.1. The molecule has 0 aromatic heterocycles. The standard InChI is InChI=1S/C10H8BrNO/c11-8-5-9(13)10(12)7-4-2-1-3-6(7)8/h1-5,13H,12H2/p-1. The van der Waals surface area contributed by atoms with Crippen LogP contribution in [0.3, 0.4) is 0 Å². The summed E-state index contributed by atoms with van der Waals surface area (Å²) in [4.78, 5) is 0. The summed E-state index contributed by atoms with van der Waals surface area (Å²) < 4.78 is 0.794. The summed E-state index contributed by atoms with van der Waals surface area (Å²) >= 11 is 3.33. The molecule has 0 atom stereocenters. The summed E-state index contributed by atoms with van der Waals surface area (Å²) in [7, 11) is 0. The van der Waals surface area contributed by atoms with Gasteiger partial charge >= 0.3 is 0 Å². The summed E-state index contributed by atoms with van der Waals surface area (Å²) in [5.74, 6) is -0.134. The van der Waals surface area contributed by atoms with Crippen molar-refractivity contribution in [3.63, 3.8) is 0 Å².